The van der Waals surface area contributed by atoms with Gasteiger partial charge in [-0.15, -0.1) is 4.80 Å². The van der Waals surface area contributed by atoms with E-state index in [9.17, 15) is 0 Å². The van der Waals surface area contributed by atoms with Gasteiger partial charge in [-0.05, 0) is 30.3 Å². The highest BCUT2D eigenvalue weighted by Gasteiger charge is 2.01. The van der Waals surface area contributed by atoms with Gasteiger partial charge in [0.15, 0.2) is 5.82 Å². The molecule has 0 radical (unpaired) electrons. The fourth-order valence-electron chi connectivity index (χ4n) is 1.53. The van der Waals surface area contributed by atoms with Crippen molar-refractivity contribution in [3.8, 4) is 5.82 Å². The van der Waals surface area contributed by atoms with Crippen LogP contribution in [0.1, 0.15) is 0 Å². The maximum absolute atomic E-state index is 4.48. The highest BCUT2D eigenvalue weighted by Crippen LogP contribution is 2.19. The number of fused-ring (bicyclic) bond motifs is 1. The summed E-state index contributed by atoms with van der Waals surface area (Å²) in [5.41, 5.74) is 0.929. The number of hydrogen-bond acceptors (Lipinski definition) is 3. The van der Waals surface area contributed by atoms with E-state index in [0.29, 0.717) is 0 Å². The highest BCUT2D eigenvalue weighted by molar-refractivity contribution is 9.10. The molecule has 0 N–H and O–H groups in total. The third kappa shape index (κ3) is 1.59. The standard InChI is InChI=1S/C11H7BrN4/c12-9-2-3-10-8(7-9)1-4-11(15-10)16-13-5-6-14-16/h1-7H. The van der Waals surface area contributed by atoms with Gasteiger partial charge >= 0.3 is 0 Å². The van der Waals surface area contributed by atoms with E-state index in [1.54, 1.807) is 12.4 Å². The second kappa shape index (κ2) is 3.68. The first-order valence-electron chi connectivity index (χ1n) is 4.76. The predicted molar refractivity (Wildman–Crippen MR) is 64.4 cm³/mol. The molecule has 0 spiro atoms. The monoisotopic (exact) mass is 274 g/mol. The van der Waals surface area contributed by atoms with Gasteiger partial charge in [0.25, 0.3) is 0 Å². The van der Waals surface area contributed by atoms with Crippen molar-refractivity contribution in [1.82, 2.24) is 20.0 Å². The molecule has 0 fully saturated rings. The summed E-state index contributed by atoms with van der Waals surface area (Å²) in [5.74, 6) is 0.722. The van der Waals surface area contributed by atoms with Crippen LogP contribution >= 0.6 is 15.9 Å². The first kappa shape index (κ1) is 9.47. The molecular weight excluding hydrogens is 268 g/mol. The van der Waals surface area contributed by atoms with Gasteiger partial charge in [0, 0.05) is 9.86 Å². The van der Waals surface area contributed by atoms with Crippen molar-refractivity contribution in [2.45, 2.75) is 0 Å². The first-order valence-corrected chi connectivity index (χ1v) is 5.55. The molecule has 0 aliphatic carbocycles. The molecule has 0 aliphatic rings. The number of hydrogen-bond donors (Lipinski definition) is 0. The van der Waals surface area contributed by atoms with Crippen LogP contribution in [-0.4, -0.2) is 20.0 Å². The minimum Gasteiger partial charge on any atom is -0.227 e. The summed E-state index contributed by atoms with van der Waals surface area (Å²) in [4.78, 5) is 5.98. The van der Waals surface area contributed by atoms with Crippen LogP contribution in [-0.2, 0) is 0 Å². The molecule has 0 aliphatic heterocycles. The molecule has 16 heavy (non-hydrogen) atoms. The van der Waals surface area contributed by atoms with Crippen molar-refractivity contribution in [3.05, 3.63) is 47.2 Å². The second-order valence-electron chi connectivity index (χ2n) is 3.32. The molecule has 0 saturated carbocycles. The Kier molecular flexibility index (Phi) is 2.18. The van der Waals surface area contributed by atoms with Crippen LogP contribution in [0, 0.1) is 0 Å². The smallest absolute Gasteiger partial charge is 0.174 e. The van der Waals surface area contributed by atoms with E-state index in [1.807, 2.05) is 30.3 Å². The van der Waals surface area contributed by atoms with Crippen LogP contribution in [0.25, 0.3) is 16.7 Å². The van der Waals surface area contributed by atoms with Gasteiger partial charge in [0.2, 0.25) is 0 Å². The zero-order chi connectivity index (χ0) is 11.0. The molecule has 0 amide bonds. The summed E-state index contributed by atoms with van der Waals surface area (Å²) in [7, 11) is 0. The van der Waals surface area contributed by atoms with Crippen molar-refractivity contribution >= 4 is 26.8 Å². The van der Waals surface area contributed by atoms with E-state index < -0.39 is 0 Å². The Morgan fingerprint density at radius 3 is 2.62 bits per heavy atom. The third-order valence-corrected chi connectivity index (χ3v) is 2.75. The van der Waals surface area contributed by atoms with Gasteiger partial charge < -0.3 is 0 Å². The number of aromatic nitrogens is 4. The van der Waals surface area contributed by atoms with Crippen molar-refractivity contribution in [1.29, 1.82) is 0 Å². The molecule has 0 saturated heterocycles. The number of benzene rings is 1. The SMILES string of the molecule is Brc1ccc2nc(-n3nccn3)ccc2c1. The van der Waals surface area contributed by atoms with E-state index in [1.165, 1.54) is 4.80 Å². The largest absolute Gasteiger partial charge is 0.227 e. The Balaban J connectivity index is 2.20. The summed E-state index contributed by atoms with van der Waals surface area (Å²) in [5, 5.41) is 9.18. The van der Waals surface area contributed by atoms with Crippen LogP contribution in [0.5, 0.6) is 0 Å². The molecule has 3 aromatic rings. The Hall–Kier alpha value is -1.75. The minimum absolute atomic E-state index is 0.722. The maximum Gasteiger partial charge on any atom is 0.174 e. The molecule has 4 nitrogen and oxygen atoms in total. The molecule has 3 rings (SSSR count). The fourth-order valence-corrected chi connectivity index (χ4v) is 1.91. The van der Waals surface area contributed by atoms with Gasteiger partial charge in [0.1, 0.15) is 0 Å². The lowest BCUT2D eigenvalue weighted by Gasteiger charge is -2.01. The molecule has 0 unspecified atom stereocenters. The molecule has 5 heteroatoms. The molecule has 0 atom stereocenters. The van der Waals surface area contributed by atoms with Crippen LogP contribution in [0.2, 0.25) is 0 Å². The topological polar surface area (TPSA) is 43.6 Å². The Bertz CT molecular complexity index is 634. The Labute approximate surface area is 100 Å². The molecule has 1 aromatic carbocycles. The Morgan fingerprint density at radius 2 is 1.81 bits per heavy atom. The summed E-state index contributed by atoms with van der Waals surface area (Å²) in [6.07, 6.45) is 3.26. The zero-order valence-electron chi connectivity index (χ0n) is 8.21. The predicted octanol–water partition coefficient (Wildman–Crippen LogP) is 2.58. The van der Waals surface area contributed by atoms with Crippen molar-refractivity contribution in [2.24, 2.45) is 0 Å². The van der Waals surface area contributed by atoms with Gasteiger partial charge in [-0.2, -0.15) is 10.2 Å². The van der Waals surface area contributed by atoms with Gasteiger partial charge in [-0.25, -0.2) is 4.98 Å². The quantitative estimate of drug-likeness (QED) is 0.685. The average molecular weight is 275 g/mol. The summed E-state index contributed by atoms with van der Waals surface area (Å²) < 4.78 is 1.05. The lowest BCUT2D eigenvalue weighted by Crippen LogP contribution is -2.00. The number of nitrogens with zero attached hydrogens (tertiary/aromatic N) is 4. The molecule has 2 aromatic heterocycles. The maximum atomic E-state index is 4.48. The zero-order valence-corrected chi connectivity index (χ0v) is 9.79. The minimum atomic E-state index is 0.722. The van der Waals surface area contributed by atoms with Gasteiger partial charge in [-0.1, -0.05) is 15.9 Å². The summed E-state index contributed by atoms with van der Waals surface area (Å²) >= 11 is 3.43. The highest BCUT2D eigenvalue weighted by atomic mass is 79.9. The van der Waals surface area contributed by atoms with Crippen molar-refractivity contribution in [2.75, 3.05) is 0 Å². The van der Waals surface area contributed by atoms with Crippen LogP contribution < -0.4 is 0 Å². The summed E-state index contributed by atoms with van der Waals surface area (Å²) in [6.45, 7) is 0. The second-order valence-corrected chi connectivity index (χ2v) is 4.24. The van der Waals surface area contributed by atoms with Crippen molar-refractivity contribution < 1.29 is 0 Å². The van der Waals surface area contributed by atoms with Gasteiger partial charge in [0.05, 0.1) is 17.9 Å². The fraction of sp³-hybridized carbons (Fsp3) is 0. The lowest BCUT2D eigenvalue weighted by molar-refractivity contribution is 0.733. The van der Waals surface area contributed by atoms with E-state index in [-0.39, 0.29) is 0 Å². The van der Waals surface area contributed by atoms with Crippen LogP contribution in [0.3, 0.4) is 0 Å². The first-order chi connectivity index (χ1) is 7.83. The third-order valence-electron chi connectivity index (χ3n) is 2.26. The average Bonchev–Trinajstić information content (AvgIpc) is 2.82. The Morgan fingerprint density at radius 1 is 1.00 bits per heavy atom. The van der Waals surface area contributed by atoms with E-state index in [2.05, 4.69) is 31.1 Å². The lowest BCUT2D eigenvalue weighted by atomic mass is 10.2. The van der Waals surface area contributed by atoms with E-state index in [0.717, 1.165) is 21.2 Å². The summed E-state index contributed by atoms with van der Waals surface area (Å²) in [6, 6.07) is 9.87. The normalized spacial score (nSPS) is 10.8. The number of pyridine rings is 1. The molecular formula is C11H7BrN4. The van der Waals surface area contributed by atoms with E-state index >= 15 is 0 Å². The van der Waals surface area contributed by atoms with Crippen molar-refractivity contribution in [3.63, 3.8) is 0 Å². The molecule has 0 bridgehead atoms. The number of rotatable bonds is 1. The van der Waals surface area contributed by atoms with Gasteiger partial charge in [-0.3, -0.25) is 0 Å². The van der Waals surface area contributed by atoms with Crippen LogP contribution in [0.4, 0.5) is 0 Å². The van der Waals surface area contributed by atoms with Crippen LogP contribution in [0.15, 0.2) is 47.2 Å². The molecule has 78 valence electrons. The number of halogens is 1. The molecule has 2 heterocycles. The van der Waals surface area contributed by atoms with E-state index in [4.69, 9.17) is 0 Å².